The van der Waals surface area contributed by atoms with E-state index < -0.39 is 17.4 Å². The second-order valence-corrected chi connectivity index (χ2v) is 10.3. The summed E-state index contributed by atoms with van der Waals surface area (Å²) in [7, 11) is 1.66. The number of halogens is 2. The molecule has 2 atom stereocenters. The Labute approximate surface area is 215 Å². The van der Waals surface area contributed by atoms with Crippen LogP contribution in [0.4, 0.5) is 9.18 Å². The Balaban J connectivity index is 1.55. The number of hydrogen-bond acceptors (Lipinski definition) is 4. The first kappa shape index (κ1) is 25.9. The van der Waals surface area contributed by atoms with E-state index in [1.54, 1.807) is 31.0 Å². The predicted molar refractivity (Wildman–Crippen MR) is 134 cm³/mol. The molecule has 2 aromatic carbocycles. The lowest BCUT2D eigenvalue weighted by Crippen LogP contribution is -2.53. The van der Waals surface area contributed by atoms with Gasteiger partial charge in [0.15, 0.2) is 0 Å². The molecule has 2 unspecified atom stereocenters. The Bertz CT molecular complexity index is 1120. The van der Waals surface area contributed by atoms with Crippen molar-refractivity contribution in [2.24, 2.45) is 5.92 Å². The average molecular weight is 516 g/mol. The van der Waals surface area contributed by atoms with Gasteiger partial charge in [-0.25, -0.2) is 9.18 Å². The number of nitrogens with zero attached hydrogens (tertiary/aromatic N) is 3. The monoisotopic (exact) mass is 515 g/mol. The van der Waals surface area contributed by atoms with Crippen LogP contribution >= 0.6 is 11.6 Å². The van der Waals surface area contributed by atoms with Crippen LogP contribution in [0.3, 0.4) is 0 Å². The molecule has 2 aliphatic rings. The van der Waals surface area contributed by atoms with Gasteiger partial charge in [0.1, 0.15) is 11.6 Å². The molecular formula is C27H31ClFN3O4. The maximum absolute atomic E-state index is 13.5. The molecular weight excluding hydrogens is 485 g/mol. The summed E-state index contributed by atoms with van der Waals surface area (Å²) in [5.74, 6) is -0.452. The van der Waals surface area contributed by atoms with Crippen LogP contribution in [0.15, 0.2) is 48.5 Å². The Kier molecular flexibility index (Phi) is 7.54. The summed E-state index contributed by atoms with van der Waals surface area (Å²) in [5, 5.41) is 0.604. The highest BCUT2D eigenvalue weighted by molar-refractivity contribution is 6.30. The minimum absolute atomic E-state index is 0.0266. The Morgan fingerprint density at radius 3 is 2.22 bits per heavy atom. The maximum atomic E-state index is 13.5. The van der Waals surface area contributed by atoms with Crippen molar-refractivity contribution in [3.8, 4) is 5.75 Å². The molecule has 0 radical (unpaired) electrons. The number of likely N-dealkylation sites (tertiary alicyclic amines) is 2. The molecule has 0 saturated carbocycles. The van der Waals surface area contributed by atoms with Gasteiger partial charge in [-0.2, -0.15) is 0 Å². The third-order valence-corrected chi connectivity index (χ3v) is 7.85. The highest BCUT2D eigenvalue weighted by atomic mass is 35.5. The average Bonchev–Trinajstić information content (AvgIpc) is 3.23. The van der Waals surface area contributed by atoms with Crippen molar-refractivity contribution >= 4 is 29.5 Å². The number of likely N-dealkylation sites (N-methyl/N-ethyl adjacent to an activating group) is 1. The topological polar surface area (TPSA) is 70.2 Å². The van der Waals surface area contributed by atoms with Gasteiger partial charge < -0.3 is 19.4 Å². The molecule has 4 rings (SSSR count). The molecule has 2 aromatic rings. The summed E-state index contributed by atoms with van der Waals surface area (Å²) in [5.41, 5.74) is 0.200. The zero-order valence-electron chi connectivity index (χ0n) is 20.7. The van der Waals surface area contributed by atoms with E-state index in [0.717, 1.165) is 5.56 Å². The quantitative estimate of drug-likeness (QED) is 0.599. The summed E-state index contributed by atoms with van der Waals surface area (Å²) >= 11 is 6.11. The predicted octanol–water partition coefficient (Wildman–Crippen LogP) is 4.55. The summed E-state index contributed by atoms with van der Waals surface area (Å²) in [4.78, 5) is 43.5. The molecule has 0 N–H and O–H groups in total. The van der Waals surface area contributed by atoms with Crippen LogP contribution in [0.1, 0.15) is 38.2 Å². The summed E-state index contributed by atoms with van der Waals surface area (Å²) in [6, 6.07) is 12.7. The first-order chi connectivity index (χ1) is 17.1. The zero-order valence-corrected chi connectivity index (χ0v) is 21.5. The van der Waals surface area contributed by atoms with Crippen LogP contribution < -0.4 is 4.74 Å². The summed E-state index contributed by atoms with van der Waals surface area (Å²) in [6.45, 7) is 5.41. The van der Waals surface area contributed by atoms with Crippen LogP contribution in [-0.2, 0) is 9.59 Å². The molecule has 2 fully saturated rings. The number of amides is 3. The Morgan fingerprint density at radius 1 is 1.03 bits per heavy atom. The molecule has 7 nitrogen and oxygen atoms in total. The van der Waals surface area contributed by atoms with Crippen LogP contribution in [0.5, 0.6) is 5.75 Å². The third kappa shape index (κ3) is 5.33. The van der Waals surface area contributed by atoms with Gasteiger partial charge in [-0.3, -0.25) is 9.59 Å². The smallest absolute Gasteiger partial charge is 0.410 e. The normalized spacial score (nSPS) is 22.4. The number of carbonyl (C=O) groups excluding carboxylic acids is 3. The number of hydrogen-bond donors (Lipinski definition) is 0. The van der Waals surface area contributed by atoms with Crippen molar-refractivity contribution in [1.29, 1.82) is 0 Å². The minimum Gasteiger partial charge on any atom is -0.410 e. The number of benzene rings is 2. The van der Waals surface area contributed by atoms with E-state index >= 15 is 0 Å². The third-order valence-electron chi connectivity index (χ3n) is 7.60. The fourth-order valence-electron chi connectivity index (χ4n) is 5.23. The number of rotatable bonds is 4. The van der Waals surface area contributed by atoms with E-state index in [1.165, 1.54) is 29.2 Å². The van der Waals surface area contributed by atoms with E-state index in [-0.39, 0.29) is 29.4 Å². The highest BCUT2D eigenvalue weighted by Gasteiger charge is 2.51. The lowest BCUT2D eigenvalue weighted by molar-refractivity contribution is -0.139. The van der Waals surface area contributed by atoms with E-state index in [1.807, 2.05) is 24.0 Å². The van der Waals surface area contributed by atoms with Crippen LogP contribution in [0, 0.1) is 11.7 Å². The second kappa shape index (κ2) is 10.5. The molecule has 0 aliphatic carbocycles. The van der Waals surface area contributed by atoms with Gasteiger partial charge in [0.2, 0.25) is 11.8 Å². The van der Waals surface area contributed by atoms with Crippen molar-refractivity contribution in [3.05, 3.63) is 64.9 Å². The standard InChI is InChI=1S/C27H31ClFN3O4/c1-18(33)31-14-12-20(13-15-31)25(34)32-16-24(19-4-6-21(28)7-5-19)27(2,17-32)30(3)26(35)36-23-10-8-22(29)9-11-23/h4-11,20,24H,12-17H2,1-3H3. The first-order valence-electron chi connectivity index (χ1n) is 12.1. The van der Waals surface area contributed by atoms with Gasteiger partial charge in [0.05, 0.1) is 5.54 Å². The fraction of sp³-hybridized carbons (Fsp3) is 0.444. The van der Waals surface area contributed by atoms with E-state index in [4.69, 9.17) is 16.3 Å². The van der Waals surface area contributed by atoms with Crippen molar-refractivity contribution in [2.45, 2.75) is 38.1 Å². The maximum Gasteiger partial charge on any atom is 0.415 e. The highest BCUT2D eigenvalue weighted by Crippen LogP contribution is 2.41. The molecule has 2 aliphatic heterocycles. The molecule has 2 heterocycles. The zero-order chi connectivity index (χ0) is 26.0. The van der Waals surface area contributed by atoms with Gasteiger partial charge >= 0.3 is 6.09 Å². The number of ether oxygens (including phenoxy) is 1. The number of piperidine rings is 1. The van der Waals surface area contributed by atoms with Crippen molar-refractivity contribution in [1.82, 2.24) is 14.7 Å². The summed E-state index contributed by atoms with van der Waals surface area (Å²) < 4.78 is 18.8. The van der Waals surface area contributed by atoms with E-state index in [9.17, 15) is 18.8 Å². The van der Waals surface area contributed by atoms with Crippen LogP contribution in [0.25, 0.3) is 0 Å². The van der Waals surface area contributed by atoms with Crippen molar-refractivity contribution in [2.75, 3.05) is 33.2 Å². The molecule has 3 amide bonds. The van der Waals surface area contributed by atoms with Crippen molar-refractivity contribution in [3.63, 3.8) is 0 Å². The van der Waals surface area contributed by atoms with Crippen molar-refractivity contribution < 1.29 is 23.5 Å². The Hall–Kier alpha value is -3.13. The molecule has 0 spiro atoms. The van der Waals surface area contributed by atoms with Gasteiger partial charge in [0, 0.05) is 57.0 Å². The van der Waals surface area contributed by atoms with Gasteiger partial charge in [-0.15, -0.1) is 0 Å². The fourth-order valence-corrected chi connectivity index (χ4v) is 5.35. The lowest BCUT2D eigenvalue weighted by Gasteiger charge is -2.39. The van der Waals surface area contributed by atoms with Crippen LogP contribution in [0.2, 0.25) is 5.02 Å². The molecule has 36 heavy (non-hydrogen) atoms. The first-order valence-corrected chi connectivity index (χ1v) is 12.5. The molecule has 9 heteroatoms. The van der Waals surface area contributed by atoms with Crippen LogP contribution in [-0.4, -0.2) is 71.4 Å². The molecule has 2 saturated heterocycles. The minimum atomic E-state index is -0.763. The van der Waals surface area contributed by atoms with Gasteiger partial charge in [-0.1, -0.05) is 23.7 Å². The molecule has 0 aromatic heterocycles. The van der Waals surface area contributed by atoms with Gasteiger partial charge in [-0.05, 0) is 61.7 Å². The van der Waals surface area contributed by atoms with Gasteiger partial charge in [0.25, 0.3) is 0 Å². The van der Waals surface area contributed by atoms with E-state index in [0.29, 0.717) is 44.0 Å². The Morgan fingerprint density at radius 2 is 1.64 bits per heavy atom. The second-order valence-electron chi connectivity index (χ2n) is 9.84. The molecule has 192 valence electrons. The number of carbonyl (C=O) groups is 3. The SMILES string of the molecule is CC(=O)N1CCC(C(=O)N2CC(c3ccc(Cl)cc3)C(C)(N(C)C(=O)Oc3ccc(F)cc3)C2)CC1. The molecule has 0 bridgehead atoms. The summed E-state index contributed by atoms with van der Waals surface area (Å²) in [6.07, 6.45) is 0.659. The van der Waals surface area contributed by atoms with E-state index in [2.05, 4.69) is 0 Å². The largest absolute Gasteiger partial charge is 0.415 e. The lowest BCUT2D eigenvalue weighted by atomic mass is 9.82.